The third-order valence-electron chi connectivity index (χ3n) is 3.33. The number of ether oxygens (including phenoxy) is 1. The van der Waals surface area contributed by atoms with Crippen LogP contribution in [0.3, 0.4) is 0 Å². The molecule has 0 unspecified atom stereocenters. The van der Waals surface area contributed by atoms with Gasteiger partial charge in [-0.1, -0.05) is 23.7 Å². The van der Waals surface area contributed by atoms with E-state index >= 15 is 0 Å². The smallest absolute Gasteiger partial charge is 0.341 e. The topological polar surface area (TPSA) is 143 Å². The molecule has 0 saturated carbocycles. The first-order valence-electron chi connectivity index (χ1n) is 7.62. The Morgan fingerprint density at radius 3 is 2.54 bits per heavy atom. The Kier molecular flexibility index (Phi) is 6.68. The van der Waals surface area contributed by atoms with Crippen LogP contribution in [0.5, 0.6) is 5.75 Å². The molecule has 0 atom stereocenters. The third kappa shape index (κ3) is 5.55. The first kappa shape index (κ1) is 20.4. The molecule has 0 aromatic heterocycles. The Bertz CT molecular complexity index is 995. The number of carboxylic acids is 1. The molecule has 0 heterocycles. The van der Waals surface area contributed by atoms with Crippen molar-refractivity contribution < 1.29 is 24.4 Å². The van der Waals surface area contributed by atoms with Crippen molar-refractivity contribution in [3.8, 4) is 11.8 Å². The fraction of sp³-hybridized carbons (Fsp3) is 0.0556. The lowest BCUT2D eigenvalue weighted by Gasteiger charge is -2.07. The SMILES string of the molecule is N#C/C(=C\c1ccc(OCC(=O)O)cc1)C(=O)Nc1cc([N+](=O)[O-])ccc1Cl. The largest absolute Gasteiger partial charge is 0.482 e. The molecule has 0 aliphatic heterocycles. The first-order chi connectivity index (χ1) is 13.3. The summed E-state index contributed by atoms with van der Waals surface area (Å²) in [6.45, 7) is -0.495. The number of nitriles is 1. The number of hydrogen-bond acceptors (Lipinski definition) is 6. The normalized spacial score (nSPS) is 10.6. The van der Waals surface area contributed by atoms with E-state index in [4.69, 9.17) is 21.4 Å². The number of benzene rings is 2. The van der Waals surface area contributed by atoms with Crippen molar-refractivity contribution in [1.82, 2.24) is 0 Å². The predicted molar refractivity (Wildman–Crippen MR) is 99.9 cm³/mol. The lowest BCUT2D eigenvalue weighted by molar-refractivity contribution is -0.384. The first-order valence-corrected chi connectivity index (χ1v) is 7.99. The van der Waals surface area contributed by atoms with Crippen LogP contribution in [-0.4, -0.2) is 28.5 Å². The van der Waals surface area contributed by atoms with Crippen molar-refractivity contribution in [2.45, 2.75) is 0 Å². The van der Waals surface area contributed by atoms with Gasteiger partial charge in [0, 0.05) is 12.1 Å². The Morgan fingerprint density at radius 2 is 1.96 bits per heavy atom. The number of aliphatic carboxylic acids is 1. The van der Waals surface area contributed by atoms with Crippen LogP contribution in [0.15, 0.2) is 48.0 Å². The Hall–Kier alpha value is -3.90. The van der Waals surface area contributed by atoms with Gasteiger partial charge >= 0.3 is 5.97 Å². The Labute approximate surface area is 163 Å². The van der Waals surface area contributed by atoms with E-state index < -0.39 is 23.4 Å². The number of rotatable bonds is 7. The predicted octanol–water partition coefficient (Wildman–Crippen LogP) is 3.26. The molecule has 0 bridgehead atoms. The second-order valence-electron chi connectivity index (χ2n) is 5.30. The van der Waals surface area contributed by atoms with Gasteiger partial charge in [0.05, 0.1) is 15.6 Å². The summed E-state index contributed by atoms with van der Waals surface area (Å²) in [5.74, 6) is -1.60. The minimum absolute atomic E-state index is 0.000523. The zero-order valence-corrected chi connectivity index (χ0v) is 14.8. The Balaban J connectivity index is 2.17. The van der Waals surface area contributed by atoms with Gasteiger partial charge in [0.1, 0.15) is 17.4 Å². The average molecular weight is 402 g/mol. The molecule has 2 rings (SSSR count). The van der Waals surface area contributed by atoms with Gasteiger partial charge in [-0.2, -0.15) is 5.26 Å². The molecule has 2 aromatic rings. The highest BCUT2D eigenvalue weighted by molar-refractivity contribution is 6.34. The minimum atomic E-state index is -1.12. The zero-order valence-electron chi connectivity index (χ0n) is 14.1. The van der Waals surface area contributed by atoms with Crippen LogP contribution in [0, 0.1) is 21.4 Å². The van der Waals surface area contributed by atoms with Gasteiger partial charge in [0.25, 0.3) is 11.6 Å². The summed E-state index contributed by atoms with van der Waals surface area (Å²) < 4.78 is 4.99. The fourth-order valence-corrected chi connectivity index (χ4v) is 2.20. The van der Waals surface area contributed by atoms with Crippen molar-refractivity contribution in [2.24, 2.45) is 0 Å². The number of anilines is 1. The van der Waals surface area contributed by atoms with Crippen LogP contribution in [0.25, 0.3) is 6.08 Å². The molecular weight excluding hydrogens is 390 g/mol. The van der Waals surface area contributed by atoms with Gasteiger partial charge in [-0.15, -0.1) is 0 Å². The minimum Gasteiger partial charge on any atom is -0.482 e. The molecule has 0 aliphatic carbocycles. The van der Waals surface area contributed by atoms with Crippen molar-refractivity contribution in [2.75, 3.05) is 11.9 Å². The van der Waals surface area contributed by atoms with Gasteiger partial charge in [-0.25, -0.2) is 4.79 Å². The van der Waals surface area contributed by atoms with Gasteiger partial charge in [0.15, 0.2) is 6.61 Å². The molecule has 0 aliphatic rings. The van der Waals surface area contributed by atoms with E-state index in [0.29, 0.717) is 11.3 Å². The number of amides is 1. The van der Waals surface area contributed by atoms with Crippen molar-refractivity contribution in [3.63, 3.8) is 0 Å². The molecule has 9 nitrogen and oxygen atoms in total. The highest BCUT2D eigenvalue weighted by Gasteiger charge is 2.15. The molecular formula is C18H12ClN3O6. The summed E-state index contributed by atoms with van der Waals surface area (Å²) in [6, 6.07) is 11.3. The number of carbonyl (C=O) groups excluding carboxylic acids is 1. The van der Waals surface area contributed by atoms with E-state index in [1.165, 1.54) is 42.5 Å². The quantitative estimate of drug-likeness (QED) is 0.313. The maximum absolute atomic E-state index is 12.3. The maximum Gasteiger partial charge on any atom is 0.341 e. The summed E-state index contributed by atoms with van der Waals surface area (Å²) in [7, 11) is 0. The number of nitro benzene ring substituents is 1. The number of halogens is 1. The monoisotopic (exact) mass is 401 g/mol. The lowest BCUT2D eigenvalue weighted by Crippen LogP contribution is -2.14. The molecule has 0 fully saturated rings. The van der Waals surface area contributed by atoms with Gasteiger partial charge in [-0.05, 0) is 29.8 Å². The molecule has 0 saturated heterocycles. The number of carboxylic acid groups (broad SMARTS) is 1. The van der Waals surface area contributed by atoms with Crippen LogP contribution < -0.4 is 10.1 Å². The van der Waals surface area contributed by atoms with E-state index in [2.05, 4.69) is 5.32 Å². The van der Waals surface area contributed by atoms with Gasteiger partial charge in [-0.3, -0.25) is 14.9 Å². The van der Waals surface area contributed by atoms with Crippen LogP contribution >= 0.6 is 11.6 Å². The van der Waals surface area contributed by atoms with Crippen LogP contribution in [-0.2, 0) is 9.59 Å². The van der Waals surface area contributed by atoms with Crippen LogP contribution in [0.4, 0.5) is 11.4 Å². The highest BCUT2D eigenvalue weighted by Crippen LogP contribution is 2.27. The molecule has 0 radical (unpaired) electrons. The third-order valence-corrected chi connectivity index (χ3v) is 3.66. The molecule has 2 N–H and O–H groups in total. The molecule has 10 heteroatoms. The summed E-state index contributed by atoms with van der Waals surface area (Å²) in [6.07, 6.45) is 1.29. The second kappa shape index (κ2) is 9.16. The zero-order chi connectivity index (χ0) is 20.7. The summed E-state index contributed by atoms with van der Waals surface area (Å²) in [5.41, 5.74) is -0.0418. The number of non-ortho nitro benzene ring substituents is 1. The van der Waals surface area contributed by atoms with E-state index in [9.17, 15) is 25.0 Å². The van der Waals surface area contributed by atoms with E-state index in [1.807, 2.05) is 0 Å². The molecule has 142 valence electrons. The standard InChI is InChI=1S/C18H12ClN3O6/c19-15-6-3-13(22(26)27)8-16(15)21-18(25)12(9-20)7-11-1-4-14(5-2-11)28-10-17(23)24/h1-8H,10H2,(H,21,25)(H,23,24)/b12-7+. The number of nitrogens with zero attached hydrogens (tertiary/aromatic N) is 2. The van der Waals surface area contributed by atoms with Crippen molar-refractivity contribution >= 4 is 40.9 Å². The van der Waals surface area contributed by atoms with Crippen LogP contribution in [0.2, 0.25) is 5.02 Å². The van der Waals surface area contributed by atoms with Gasteiger partial charge in [0.2, 0.25) is 0 Å². The average Bonchev–Trinajstić information content (AvgIpc) is 2.66. The van der Waals surface area contributed by atoms with Crippen molar-refractivity contribution in [3.05, 3.63) is 68.7 Å². The Morgan fingerprint density at radius 1 is 1.29 bits per heavy atom. The summed E-state index contributed by atoms with van der Waals surface area (Å²) in [4.78, 5) is 33.0. The molecule has 0 spiro atoms. The fourth-order valence-electron chi connectivity index (χ4n) is 2.03. The number of hydrogen-bond donors (Lipinski definition) is 2. The highest BCUT2D eigenvalue weighted by atomic mass is 35.5. The molecule has 2 aromatic carbocycles. The summed E-state index contributed by atoms with van der Waals surface area (Å²) >= 11 is 5.93. The maximum atomic E-state index is 12.3. The van der Waals surface area contributed by atoms with Crippen LogP contribution in [0.1, 0.15) is 5.56 Å². The lowest BCUT2D eigenvalue weighted by atomic mass is 10.1. The van der Waals surface area contributed by atoms with E-state index in [1.54, 1.807) is 6.07 Å². The number of nitrogens with one attached hydrogen (secondary N) is 1. The number of nitro groups is 1. The van der Waals surface area contributed by atoms with Crippen molar-refractivity contribution in [1.29, 1.82) is 5.26 Å². The molecule has 28 heavy (non-hydrogen) atoms. The molecule has 1 amide bonds. The second-order valence-corrected chi connectivity index (χ2v) is 5.70. The van der Waals surface area contributed by atoms with E-state index in [-0.39, 0.29) is 22.0 Å². The van der Waals surface area contributed by atoms with E-state index in [0.717, 1.165) is 6.07 Å². The number of carbonyl (C=O) groups is 2. The van der Waals surface area contributed by atoms with Gasteiger partial charge < -0.3 is 15.2 Å². The summed E-state index contributed by atoms with van der Waals surface area (Å²) in [5, 5.41) is 31.1.